The van der Waals surface area contributed by atoms with Crippen LogP contribution in [0.5, 0.6) is 0 Å². The lowest BCUT2D eigenvalue weighted by molar-refractivity contribution is -0.235. The Balaban J connectivity index is 1.01. The molecule has 5 heteroatoms. The summed E-state index contributed by atoms with van der Waals surface area (Å²) in [7, 11) is 0. The Bertz CT molecular complexity index is 1180. The monoisotopic (exact) mass is 650 g/mol. The van der Waals surface area contributed by atoms with E-state index in [1.807, 2.05) is 0 Å². The first-order chi connectivity index (χ1) is 22.4. The molecule has 0 aromatic heterocycles. The SMILES string of the molecule is CC1(C)[CH]CC[C@]2(C)[C@@H]1CC[C@]1(C)[C@@H]2CC[C@@H]2[C@H]3[C@H](C4(C)CC4)CC[C@]3(C(=O)N3CCC(OCCN4CCOCC4)CC3)CC[C@]21C. The third kappa shape index (κ3) is 5.09. The molecule has 2 heterocycles. The number of amides is 1. The van der Waals surface area contributed by atoms with Crippen LogP contribution < -0.4 is 0 Å². The van der Waals surface area contributed by atoms with Gasteiger partial charge in [0.1, 0.15) is 0 Å². The van der Waals surface area contributed by atoms with E-state index in [9.17, 15) is 0 Å². The van der Waals surface area contributed by atoms with E-state index in [1.165, 1.54) is 64.2 Å². The fourth-order valence-corrected chi connectivity index (χ4v) is 14.9. The maximum absolute atomic E-state index is 15.1. The lowest BCUT2D eigenvalue weighted by Crippen LogP contribution is -2.67. The highest BCUT2D eigenvalue weighted by atomic mass is 16.5. The van der Waals surface area contributed by atoms with Crippen molar-refractivity contribution in [3.05, 3.63) is 6.42 Å². The molecule has 2 aliphatic heterocycles. The number of rotatable bonds is 6. The number of morpholine rings is 1. The highest BCUT2D eigenvalue weighted by molar-refractivity contribution is 5.84. The molecule has 8 aliphatic rings. The molecule has 0 N–H and O–H groups in total. The first kappa shape index (κ1) is 33.5. The minimum Gasteiger partial charge on any atom is -0.379 e. The van der Waals surface area contributed by atoms with E-state index in [-0.39, 0.29) is 5.41 Å². The fraction of sp³-hybridized carbons (Fsp3) is 0.952. The largest absolute Gasteiger partial charge is 0.379 e. The zero-order valence-corrected chi connectivity index (χ0v) is 31.2. The van der Waals surface area contributed by atoms with Crippen molar-refractivity contribution in [1.82, 2.24) is 9.80 Å². The van der Waals surface area contributed by atoms with Crippen LogP contribution in [0.15, 0.2) is 0 Å². The average molecular weight is 650 g/mol. The summed E-state index contributed by atoms with van der Waals surface area (Å²) in [5, 5.41) is 0. The topological polar surface area (TPSA) is 42.0 Å². The highest BCUT2D eigenvalue weighted by Crippen LogP contribution is 2.79. The first-order valence-electron chi connectivity index (χ1n) is 20.4. The lowest BCUT2D eigenvalue weighted by atomic mass is 9.32. The van der Waals surface area contributed by atoms with Crippen molar-refractivity contribution in [2.45, 2.75) is 138 Å². The second-order valence-electron chi connectivity index (χ2n) is 20.0. The van der Waals surface area contributed by atoms with Gasteiger partial charge < -0.3 is 14.4 Å². The molecule has 6 aliphatic carbocycles. The van der Waals surface area contributed by atoms with Gasteiger partial charge in [0.25, 0.3) is 0 Å². The predicted molar refractivity (Wildman–Crippen MR) is 189 cm³/mol. The van der Waals surface area contributed by atoms with Crippen molar-refractivity contribution < 1.29 is 14.3 Å². The van der Waals surface area contributed by atoms with Crippen molar-refractivity contribution >= 4 is 5.91 Å². The molecule has 265 valence electrons. The molecule has 1 radical (unpaired) electrons. The molecule has 8 rings (SSSR count). The van der Waals surface area contributed by atoms with E-state index in [0.717, 1.165) is 96.0 Å². The Morgan fingerprint density at radius 1 is 0.745 bits per heavy atom. The van der Waals surface area contributed by atoms with Crippen LogP contribution in [0.1, 0.15) is 131 Å². The van der Waals surface area contributed by atoms with E-state index in [1.54, 1.807) is 0 Å². The van der Waals surface area contributed by atoms with Gasteiger partial charge in [0, 0.05) is 32.7 Å². The second kappa shape index (κ2) is 11.7. The summed E-state index contributed by atoms with van der Waals surface area (Å²) in [5.74, 6) is 4.24. The zero-order valence-electron chi connectivity index (χ0n) is 31.2. The molecule has 2 saturated heterocycles. The molecule has 1 amide bonds. The molecule has 0 aromatic rings. The maximum atomic E-state index is 15.1. The van der Waals surface area contributed by atoms with Crippen molar-refractivity contribution in [2.75, 3.05) is 52.5 Å². The van der Waals surface area contributed by atoms with Crippen molar-refractivity contribution in [1.29, 1.82) is 0 Å². The normalized spacial score (nSPS) is 47.8. The molecule has 47 heavy (non-hydrogen) atoms. The van der Waals surface area contributed by atoms with E-state index < -0.39 is 0 Å². The third-order valence-corrected chi connectivity index (χ3v) is 17.9. The number of fused-ring (bicyclic) bond motifs is 7. The quantitative estimate of drug-likeness (QED) is 0.290. The number of likely N-dealkylation sites (tertiary alicyclic amines) is 1. The molecular weight excluding hydrogens is 580 g/mol. The van der Waals surface area contributed by atoms with Crippen molar-refractivity contribution in [2.24, 2.45) is 62.1 Å². The van der Waals surface area contributed by atoms with Gasteiger partial charge in [-0.1, -0.05) is 41.5 Å². The van der Waals surface area contributed by atoms with Gasteiger partial charge in [0.15, 0.2) is 0 Å². The number of carbonyl (C=O) groups is 1. The van der Waals surface area contributed by atoms with Gasteiger partial charge in [-0.3, -0.25) is 9.69 Å². The Labute approximate surface area is 288 Å². The Morgan fingerprint density at radius 2 is 1.49 bits per heavy atom. The first-order valence-corrected chi connectivity index (χ1v) is 20.4. The van der Waals surface area contributed by atoms with E-state index in [4.69, 9.17) is 9.47 Å². The number of ether oxygens (including phenoxy) is 2. The summed E-state index contributed by atoms with van der Waals surface area (Å²) >= 11 is 0. The van der Waals surface area contributed by atoms with Crippen LogP contribution in [0.3, 0.4) is 0 Å². The summed E-state index contributed by atoms with van der Waals surface area (Å²) in [6.45, 7) is 23.3. The van der Waals surface area contributed by atoms with Crippen molar-refractivity contribution in [3.63, 3.8) is 0 Å². The zero-order chi connectivity index (χ0) is 32.9. The minimum atomic E-state index is -0.115. The number of hydrogen-bond donors (Lipinski definition) is 0. The van der Waals surface area contributed by atoms with Crippen LogP contribution in [0, 0.1) is 68.5 Å². The van der Waals surface area contributed by atoms with Gasteiger partial charge in [-0.15, -0.1) is 0 Å². The van der Waals surface area contributed by atoms with E-state index in [0.29, 0.717) is 50.9 Å². The van der Waals surface area contributed by atoms with Gasteiger partial charge in [-0.2, -0.15) is 0 Å². The summed E-state index contributed by atoms with van der Waals surface area (Å²) in [6, 6.07) is 0. The average Bonchev–Trinajstić information content (AvgIpc) is 3.66. The van der Waals surface area contributed by atoms with Crippen LogP contribution in [0.25, 0.3) is 0 Å². The van der Waals surface area contributed by atoms with Gasteiger partial charge in [0.2, 0.25) is 5.91 Å². The van der Waals surface area contributed by atoms with Gasteiger partial charge in [-0.05, 0) is 153 Å². The third-order valence-electron chi connectivity index (χ3n) is 17.9. The molecular formula is C42H69N2O3. The van der Waals surface area contributed by atoms with Gasteiger partial charge in [-0.25, -0.2) is 0 Å². The summed E-state index contributed by atoms with van der Waals surface area (Å²) < 4.78 is 11.9. The van der Waals surface area contributed by atoms with Crippen LogP contribution >= 0.6 is 0 Å². The number of piperidine rings is 1. The fourth-order valence-electron chi connectivity index (χ4n) is 14.9. The number of hydrogen-bond acceptors (Lipinski definition) is 4. The summed E-state index contributed by atoms with van der Waals surface area (Å²) in [6.07, 6.45) is 20.9. The second-order valence-corrected chi connectivity index (χ2v) is 20.0. The molecule has 5 nitrogen and oxygen atoms in total. The molecule has 0 bridgehead atoms. The predicted octanol–water partition coefficient (Wildman–Crippen LogP) is 8.41. The van der Waals surface area contributed by atoms with E-state index >= 15 is 4.79 Å². The Kier molecular flexibility index (Phi) is 8.33. The standard InChI is InChI=1S/C42H69N2O3/c1-37(2)14-7-15-39(4)33(37)11-16-41(6)34(39)9-8-32-35-31(38(3)18-19-38)10-17-42(35,21-20-40(32,41)5)36(45)44-22-12-30(13-23-44)47-29-26-43-24-27-46-28-25-43/h14,30-35H,7-13,15-29H2,1-6H3/t31-,32-,33-,34-,35-,39-,40-,41-,42+/m1/s1. The summed E-state index contributed by atoms with van der Waals surface area (Å²) in [5.41, 5.74) is 1.92. The molecule has 9 atom stereocenters. The summed E-state index contributed by atoms with van der Waals surface area (Å²) in [4.78, 5) is 19.9. The molecule has 0 unspecified atom stereocenters. The minimum absolute atomic E-state index is 0.115. The van der Waals surface area contributed by atoms with Crippen LogP contribution in [0.2, 0.25) is 0 Å². The lowest BCUT2D eigenvalue weighted by Gasteiger charge is -2.72. The van der Waals surface area contributed by atoms with Gasteiger partial charge in [0.05, 0.1) is 31.3 Å². The smallest absolute Gasteiger partial charge is 0.229 e. The molecule has 8 fully saturated rings. The Hall–Kier alpha value is -0.650. The molecule has 0 spiro atoms. The highest BCUT2D eigenvalue weighted by Gasteiger charge is 2.73. The van der Waals surface area contributed by atoms with Crippen LogP contribution in [-0.4, -0.2) is 74.4 Å². The molecule has 6 saturated carbocycles. The Morgan fingerprint density at radius 3 is 2.21 bits per heavy atom. The van der Waals surface area contributed by atoms with Crippen LogP contribution in [0.4, 0.5) is 0 Å². The van der Waals surface area contributed by atoms with Gasteiger partial charge >= 0.3 is 0 Å². The molecule has 0 aromatic carbocycles. The van der Waals surface area contributed by atoms with Crippen LogP contribution in [-0.2, 0) is 14.3 Å². The number of nitrogens with zero attached hydrogens (tertiary/aromatic N) is 2. The maximum Gasteiger partial charge on any atom is 0.229 e. The number of carbonyl (C=O) groups excluding carboxylic acids is 1. The van der Waals surface area contributed by atoms with E-state index in [2.05, 4.69) is 57.8 Å². The van der Waals surface area contributed by atoms with Crippen molar-refractivity contribution in [3.8, 4) is 0 Å².